The van der Waals surface area contributed by atoms with Crippen LogP contribution in [0.2, 0.25) is 0 Å². The lowest BCUT2D eigenvalue weighted by Gasteiger charge is -2.41. The first-order valence-corrected chi connectivity index (χ1v) is 8.59. The van der Waals surface area contributed by atoms with Crippen LogP contribution in [0.15, 0.2) is 42.5 Å². The van der Waals surface area contributed by atoms with Crippen LogP contribution in [-0.2, 0) is 11.3 Å². The zero-order valence-corrected chi connectivity index (χ0v) is 15.0. The number of morpholine rings is 1. The van der Waals surface area contributed by atoms with Gasteiger partial charge in [0.05, 0.1) is 33.5 Å². The molecule has 1 aliphatic heterocycles. The molecule has 2 unspecified atom stereocenters. The number of methoxy groups -OCH3 is 2. The summed E-state index contributed by atoms with van der Waals surface area (Å²) in [6, 6.07) is 12.2. The van der Waals surface area contributed by atoms with E-state index in [1.54, 1.807) is 26.4 Å². The largest absolute Gasteiger partial charge is 0.493 e. The molecule has 140 valence electrons. The van der Waals surface area contributed by atoms with Crippen LogP contribution in [0.1, 0.15) is 17.2 Å². The Morgan fingerprint density at radius 1 is 1.15 bits per heavy atom. The Labute approximate surface area is 152 Å². The van der Waals surface area contributed by atoms with Crippen LogP contribution in [0.25, 0.3) is 0 Å². The molecule has 0 radical (unpaired) electrons. The summed E-state index contributed by atoms with van der Waals surface area (Å²) in [7, 11) is 3.17. The van der Waals surface area contributed by atoms with Crippen LogP contribution in [-0.4, -0.2) is 50.1 Å². The van der Waals surface area contributed by atoms with Crippen LogP contribution < -0.4 is 9.47 Å². The highest BCUT2D eigenvalue weighted by molar-refractivity contribution is 5.44. The molecule has 1 heterocycles. The summed E-state index contributed by atoms with van der Waals surface area (Å²) >= 11 is 0. The summed E-state index contributed by atoms with van der Waals surface area (Å²) < 4.78 is 30.6. The molecule has 0 saturated carbocycles. The SMILES string of the molecule is COc1ccc(C2C(CO)OCCN2Cc2ccccc2F)cc1OC. The first kappa shape index (κ1) is 18.6. The van der Waals surface area contributed by atoms with Crippen molar-refractivity contribution in [2.75, 3.05) is 34.0 Å². The van der Waals surface area contributed by atoms with Gasteiger partial charge in [0.15, 0.2) is 11.5 Å². The highest BCUT2D eigenvalue weighted by Crippen LogP contribution is 2.36. The average molecular weight is 361 g/mol. The molecule has 0 amide bonds. The average Bonchev–Trinajstić information content (AvgIpc) is 2.69. The summed E-state index contributed by atoms with van der Waals surface area (Å²) in [5, 5.41) is 9.81. The lowest BCUT2D eigenvalue weighted by Crippen LogP contribution is -2.46. The Kier molecular flexibility index (Phi) is 6.08. The third-order valence-electron chi connectivity index (χ3n) is 4.72. The molecule has 2 aromatic carbocycles. The smallest absolute Gasteiger partial charge is 0.161 e. The highest BCUT2D eigenvalue weighted by Gasteiger charge is 2.34. The Morgan fingerprint density at radius 3 is 2.62 bits per heavy atom. The Bertz CT molecular complexity index is 740. The molecule has 5 nitrogen and oxygen atoms in total. The fraction of sp³-hybridized carbons (Fsp3) is 0.400. The third kappa shape index (κ3) is 3.82. The second kappa shape index (κ2) is 8.49. The lowest BCUT2D eigenvalue weighted by molar-refractivity contribution is -0.0963. The van der Waals surface area contributed by atoms with Gasteiger partial charge < -0.3 is 19.3 Å². The Hall–Kier alpha value is -2.15. The van der Waals surface area contributed by atoms with E-state index in [0.717, 1.165) is 5.56 Å². The van der Waals surface area contributed by atoms with Crippen molar-refractivity contribution < 1.29 is 23.7 Å². The van der Waals surface area contributed by atoms with E-state index < -0.39 is 6.10 Å². The first-order chi connectivity index (χ1) is 12.7. The van der Waals surface area contributed by atoms with Crippen molar-refractivity contribution in [1.29, 1.82) is 0 Å². The molecule has 2 atom stereocenters. The summed E-state index contributed by atoms with van der Waals surface area (Å²) in [6.45, 7) is 1.45. The van der Waals surface area contributed by atoms with Crippen molar-refractivity contribution in [3.05, 3.63) is 59.4 Å². The van der Waals surface area contributed by atoms with Crippen molar-refractivity contribution in [3.8, 4) is 11.5 Å². The van der Waals surface area contributed by atoms with Crippen LogP contribution in [0.3, 0.4) is 0 Å². The van der Waals surface area contributed by atoms with Crippen molar-refractivity contribution in [2.24, 2.45) is 0 Å². The van der Waals surface area contributed by atoms with Gasteiger partial charge in [-0.1, -0.05) is 24.3 Å². The predicted octanol–water partition coefficient (Wildman–Crippen LogP) is 2.78. The van der Waals surface area contributed by atoms with Crippen LogP contribution in [0.5, 0.6) is 11.5 Å². The molecule has 0 aromatic heterocycles. The van der Waals surface area contributed by atoms with Gasteiger partial charge in [-0.15, -0.1) is 0 Å². The minimum absolute atomic E-state index is 0.118. The number of hydrogen-bond acceptors (Lipinski definition) is 5. The second-order valence-electron chi connectivity index (χ2n) is 6.21. The second-order valence-corrected chi connectivity index (χ2v) is 6.21. The molecular weight excluding hydrogens is 337 g/mol. The van der Waals surface area contributed by atoms with Gasteiger partial charge in [-0.25, -0.2) is 4.39 Å². The minimum Gasteiger partial charge on any atom is -0.493 e. The van der Waals surface area contributed by atoms with Gasteiger partial charge in [-0.2, -0.15) is 0 Å². The van der Waals surface area contributed by atoms with E-state index >= 15 is 0 Å². The van der Waals surface area contributed by atoms with Gasteiger partial charge in [0.2, 0.25) is 0 Å². The van der Waals surface area contributed by atoms with Gasteiger partial charge in [0.1, 0.15) is 11.9 Å². The number of aliphatic hydroxyl groups is 1. The van der Waals surface area contributed by atoms with E-state index in [1.165, 1.54) is 6.07 Å². The molecule has 0 aliphatic carbocycles. The molecule has 1 aliphatic rings. The van der Waals surface area contributed by atoms with Gasteiger partial charge in [0, 0.05) is 18.7 Å². The summed E-state index contributed by atoms with van der Waals surface area (Å²) in [4.78, 5) is 2.13. The standard InChI is InChI=1S/C20H24FNO4/c1-24-17-8-7-14(11-18(17)25-2)20-19(13-23)26-10-9-22(20)12-15-5-3-4-6-16(15)21/h3-8,11,19-20,23H,9-10,12-13H2,1-2H3. The van der Waals surface area contributed by atoms with E-state index in [1.807, 2.05) is 24.3 Å². The number of hydrogen-bond donors (Lipinski definition) is 1. The molecule has 1 fully saturated rings. The highest BCUT2D eigenvalue weighted by atomic mass is 19.1. The Balaban J connectivity index is 1.94. The van der Waals surface area contributed by atoms with Gasteiger partial charge >= 0.3 is 0 Å². The number of nitrogens with zero attached hydrogens (tertiary/aromatic N) is 1. The van der Waals surface area contributed by atoms with Crippen molar-refractivity contribution in [2.45, 2.75) is 18.7 Å². The van der Waals surface area contributed by atoms with E-state index in [0.29, 0.717) is 36.8 Å². The molecule has 3 rings (SSSR count). The fourth-order valence-corrected chi connectivity index (χ4v) is 3.42. The zero-order chi connectivity index (χ0) is 18.5. The van der Waals surface area contributed by atoms with Crippen molar-refractivity contribution in [1.82, 2.24) is 4.90 Å². The quantitative estimate of drug-likeness (QED) is 0.857. The Morgan fingerprint density at radius 2 is 1.92 bits per heavy atom. The maximum atomic E-state index is 14.1. The number of rotatable bonds is 6. The van der Waals surface area contributed by atoms with Gasteiger partial charge in [0.25, 0.3) is 0 Å². The molecule has 6 heteroatoms. The van der Waals surface area contributed by atoms with Crippen LogP contribution in [0.4, 0.5) is 4.39 Å². The first-order valence-electron chi connectivity index (χ1n) is 8.59. The summed E-state index contributed by atoms with van der Waals surface area (Å²) in [6.07, 6.45) is -0.395. The number of benzene rings is 2. The van der Waals surface area contributed by atoms with E-state index in [2.05, 4.69) is 4.90 Å². The fourth-order valence-electron chi connectivity index (χ4n) is 3.42. The van der Waals surface area contributed by atoms with Crippen LogP contribution in [0, 0.1) is 5.82 Å². The molecule has 0 spiro atoms. The minimum atomic E-state index is -0.395. The molecule has 1 N–H and O–H groups in total. The normalized spacial score (nSPS) is 20.8. The van der Waals surface area contributed by atoms with Gasteiger partial charge in [-0.3, -0.25) is 4.90 Å². The van der Waals surface area contributed by atoms with E-state index in [-0.39, 0.29) is 18.5 Å². The maximum Gasteiger partial charge on any atom is 0.161 e. The lowest BCUT2D eigenvalue weighted by atomic mass is 9.97. The molecular formula is C20H24FNO4. The van der Waals surface area contributed by atoms with Crippen molar-refractivity contribution in [3.63, 3.8) is 0 Å². The third-order valence-corrected chi connectivity index (χ3v) is 4.72. The maximum absolute atomic E-state index is 14.1. The number of ether oxygens (including phenoxy) is 3. The van der Waals surface area contributed by atoms with Gasteiger partial charge in [-0.05, 0) is 23.8 Å². The predicted molar refractivity (Wildman–Crippen MR) is 95.9 cm³/mol. The molecule has 26 heavy (non-hydrogen) atoms. The van der Waals surface area contributed by atoms with E-state index in [4.69, 9.17) is 14.2 Å². The zero-order valence-electron chi connectivity index (χ0n) is 15.0. The summed E-state index contributed by atoms with van der Waals surface area (Å²) in [5.41, 5.74) is 1.55. The number of aliphatic hydroxyl groups excluding tert-OH is 1. The molecule has 1 saturated heterocycles. The molecule has 0 bridgehead atoms. The molecule has 2 aromatic rings. The van der Waals surface area contributed by atoms with Crippen LogP contribution >= 0.6 is 0 Å². The topological polar surface area (TPSA) is 51.2 Å². The number of halogens is 1. The van der Waals surface area contributed by atoms with E-state index in [9.17, 15) is 9.50 Å². The summed E-state index contributed by atoms with van der Waals surface area (Å²) in [5.74, 6) is 1.01. The monoisotopic (exact) mass is 361 g/mol. The van der Waals surface area contributed by atoms with Crippen molar-refractivity contribution >= 4 is 0 Å².